The van der Waals surface area contributed by atoms with Crippen molar-refractivity contribution in [2.45, 2.75) is 94.0 Å². The van der Waals surface area contributed by atoms with Gasteiger partial charge >= 0.3 is 5.97 Å². The van der Waals surface area contributed by atoms with Crippen LogP contribution in [0.3, 0.4) is 0 Å². The van der Waals surface area contributed by atoms with Crippen LogP contribution in [0.5, 0.6) is 0 Å². The van der Waals surface area contributed by atoms with Gasteiger partial charge in [0.05, 0.1) is 12.1 Å². The number of fused-ring (bicyclic) bond motifs is 1. The van der Waals surface area contributed by atoms with Gasteiger partial charge in [0.25, 0.3) is 0 Å². The maximum absolute atomic E-state index is 13.6. The summed E-state index contributed by atoms with van der Waals surface area (Å²) in [6, 6.07) is 0.720. The lowest BCUT2D eigenvalue weighted by atomic mass is 9.46. The molecule has 1 heterocycles. The van der Waals surface area contributed by atoms with Crippen LogP contribution < -0.4 is 22.9 Å². The molecule has 6 rings (SSSR count). The van der Waals surface area contributed by atoms with Crippen LogP contribution in [-0.2, 0) is 14.3 Å². The fourth-order valence-electron chi connectivity index (χ4n) is 7.97. The van der Waals surface area contributed by atoms with E-state index in [4.69, 9.17) is 27.7 Å². The lowest BCUT2D eigenvalue weighted by Gasteiger charge is -2.62. The van der Waals surface area contributed by atoms with Crippen molar-refractivity contribution in [1.29, 1.82) is 5.26 Å². The molecule has 8 N–H and O–H groups in total. The highest BCUT2D eigenvalue weighted by molar-refractivity contribution is 5.84. The number of likely N-dealkylation sites (tertiary alicyclic amines) is 1. The minimum atomic E-state index is -0.735. The van der Waals surface area contributed by atoms with Crippen molar-refractivity contribution in [3.05, 3.63) is 0 Å². The van der Waals surface area contributed by atoms with E-state index in [1.54, 1.807) is 4.90 Å². The molecule has 0 radical (unpaired) electrons. The number of hydrogen-bond donors (Lipinski definition) is 4. The van der Waals surface area contributed by atoms with Crippen molar-refractivity contribution in [2.75, 3.05) is 6.54 Å². The first kappa shape index (κ1) is 23.4. The van der Waals surface area contributed by atoms with Gasteiger partial charge in [-0.05, 0) is 87.4 Å². The lowest BCUT2D eigenvalue weighted by molar-refractivity contribution is -0.207. The van der Waals surface area contributed by atoms with Crippen molar-refractivity contribution < 1.29 is 14.3 Å². The fraction of sp³-hybridized carbons (Fsp3) is 0.833. The molecule has 10 nitrogen and oxygen atoms in total. The summed E-state index contributed by atoms with van der Waals surface area (Å²) in [5, 5.41) is 9.56. The fourth-order valence-corrected chi connectivity index (χ4v) is 7.97. The Kier molecular flexibility index (Phi) is 5.76. The van der Waals surface area contributed by atoms with Crippen LogP contribution in [0.4, 0.5) is 0 Å². The van der Waals surface area contributed by atoms with Gasteiger partial charge in [0.1, 0.15) is 17.7 Å². The largest absolute Gasteiger partial charge is 0.458 e. The highest BCUT2D eigenvalue weighted by Crippen LogP contribution is 2.64. The van der Waals surface area contributed by atoms with Gasteiger partial charge in [-0.3, -0.25) is 14.6 Å². The zero-order valence-electron chi connectivity index (χ0n) is 19.7. The molecule has 0 aromatic heterocycles. The van der Waals surface area contributed by atoms with Crippen molar-refractivity contribution >= 4 is 17.8 Å². The molecule has 7 atom stereocenters. The maximum Gasteiger partial charge on any atom is 0.323 e. The highest BCUT2D eigenvalue weighted by Gasteiger charge is 2.64. The SMILES string of the molecule is N#C[C@@H]1C[C@@H]2C[C@@H]2N1C(=O)[C@@H](N)C12CC3CC(CC(OC(=O)[C@H](N)CCCN=C(N)N)(C3)C1)C2. The van der Waals surface area contributed by atoms with E-state index in [0.717, 1.165) is 44.9 Å². The Morgan fingerprint density at radius 2 is 1.82 bits per heavy atom. The number of nitrogens with two attached hydrogens (primary N) is 4. The number of esters is 1. The van der Waals surface area contributed by atoms with Crippen molar-refractivity contribution in [3.8, 4) is 6.07 Å². The second-order valence-electron chi connectivity index (χ2n) is 11.6. The van der Waals surface area contributed by atoms with Crippen LogP contribution in [0.2, 0.25) is 0 Å². The third kappa shape index (κ3) is 4.03. The second kappa shape index (κ2) is 8.38. The first-order chi connectivity index (χ1) is 16.2. The third-order valence-corrected chi connectivity index (χ3v) is 9.07. The Labute approximate surface area is 200 Å². The summed E-state index contributed by atoms with van der Waals surface area (Å²) in [6.45, 7) is 0.417. The molecule has 1 amide bonds. The Morgan fingerprint density at radius 1 is 1.12 bits per heavy atom. The first-order valence-corrected chi connectivity index (χ1v) is 12.7. The van der Waals surface area contributed by atoms with E-state index in [2.05, 4.69) is 11.1 Å². The predicted octanol–water partition coefficient (Wildman–Crippen LogP) is 0.0898. The molecule has 1 saturated heterocycles. The molecule has 6 aliphatic rings. The molecule has 186 valence electrons. The summed E-state index contributed by atoms with van der Waals surface area (Å²) in [5.74, 6) is 0.782. The number of carbonyl (C=O) groups is 2. The van der Waals surface area contributed by atoms with Gasteiger partial charge in [-0.1, -0.05) is 0 Å². The van der Waals surface area contributed by atoms with E-state index in [1.165, 1.54) is 0 Å². The standard InChI is InChI=1S/C24H37N7O3/c25-11-16-5-15-6-18(15)31(16)20(32)19(27)23-7-13-4-14(8-23)10-24(9-13,12-23)34-21(33)17(26)2-1-3-30-22(28)29/h13-19H,1-10,12,26-27H2,(H4,28,29,30)/t13?,14?,15-,16+,17-,18+,19-,23?,24?/m1/s1. The van der Waals surface area contributed by atoms with Gasteiger partial charge in [-0.2, -0.15) is 5.26 Å². The minimum Gasteiger partial charge on any atom is -0.458 e. The van der Waals surface area contributed by atoms with E-state index in [1.807, 2.05) is 0 Å². The number of rotatable bonds is 8. The Bertz CT molecular complexity index is 912. The molecule has 10 heteroatoms. The van der Waals surface area contributed by atoms with E-state index in [-0.39, 0.29) is 29.4 Å². The number of guanidine groups is 1. The highest BCUT2D eigenvalue weighted by atomic mass is 16.6. The molecule has 4 bridgehead atoms. The number of piperidine rings is 1. The minimum absolute atomic E-state index is 0.0214. The molecule has 0 aromatic carbocycles. The summed E-state index contributed by atoms with van der Waals surface area (Å²) < 4.78 is 6.16. The summed E-state index contributed by atoms with van der Waals surface area (Å²) in [5.41, 5.74) is 22.6. The molecular weight excluding hydrogens is 434 g/mol. The van der Waals surface area contributed by atoms with Gasteiger partial charge in [0, 0.05) is 12.6 Å². The zero-order chi connectivity index (χ0) is 24.3. The Morgan fingerprint density at radius 3 is 2.47 bits per heavy atom. The number of amides is 1. The summed E-state index contributed by atoms with van der Waals surface area (Å²) in [6.07, 6.45) is 7.88. The first-order valence-electron chi connectivity index (χ1n) is 12.7. The predicted molar refractivity (Wildman–Crippen MR) is 125 cm³/mol. The monoisotopic (exact) mass is 471 g/mol. The number of carbonyl (C=O) groups excluding carboxylic acids is 2. The molecule has 0 spiro atoms. The molecule has 2 unspecified atom stereocenters. The summed E-state index contributed by atoms with van der Waals surface area (Å²) in [7, 11) is 0. The van der Waals surface area contributed by atoms with Crippen molar-refractivity contribution in [2.24, 2.45) is 51.1 Å². The average molecular weight is 472 g/mol. The van der Waals surface area contributed by atoms with E-state index < -0.39 is 23.7 Å². The van der Waals surface area contributed by atoms with Crippen LogP contribution in [-0.4, -0.2) is 59.0 Å². The molecule has 1 aliphatic heterocycles. The average Bonchev–Trinajstić information content (AvgIpc) is 3.43. The Hall–Kier alpha value is -2.38. The van der Waals surface area contributed by atoms with Gasteiger partial charge in [-0.25, -0.2) is 0 Å². The van der Waals surface area contributed by atoms with Crippen LogP contribution >= 0.6 is 0 Å². The maximum atomic E-state index is 13.6. The van der Waals surface area contributed by atoms with Gasteiger partial charge in [-0.15, -0.1) is 0 Å². The number of nitriles is 1. The molecule has 0 aromatic rings. The number of hydrogen-bond acceptors (Lipinski definition) is 7. The number of nitrogens with zero attached hydrogens (tertiary/aromatic N) is 3. The van der Waals surface area contributed by atoms with E-state index >= 15 is 0 Å². The number of aliphatic imine (C=N–C) groups is 1. The third-order valence-electron chi connectivity index (χ3n) is 9.07. The molecule has 5 saturated carbocycles. The van der Waals surface area contributed by atoms with Gasteiger partial charge in [0.15, 0.2) is 5.96 Å². The second-order valence-corrected chi connectivity index (χ2v) is 11.6. The van der Waals surface area contributed by atoms with E-state index in [9.17, 15) is 14.9 Å². The van der Waals surface area contributed by atoms with Crippen LogP contribution in [0, 0.1) is 34.5 Å². The van der Waals surface area contributed by atoms with Crippen LogP contribution in [0.25, 0.3) is 0 Å². The van der Waals surface area contributed by atoms with E-state index in [0.29, 0.717) is 43.6 Å². The molecular formula is C24H37N7O3. The van der Waals surface area contributed by atoms with Gasteiger partial charge < -0.3 is 32.6 Å². The quantitative estimate of drug-likeness (QED) is 0.166. The van der Waals surface area contributed by atoms with Crippen molar-refractivity contribution in [3.63, 3.8) is 0 Å². The molecule has 34 heavy (non-hydrogen) atoms. The summed E-state index contributed by atoms with van der Waals surface area (Å²) >= 11 is 0. The number of ether oxygens (including phenoxy) is 1. The van der Waals surface area contributed by atoms with Crippen LogP contribution in [0.1, 0.15) is 64.2 Å². The van der Waals surface area contributed by atoms with Crippen LogP contribution in [0.15, 0.2) is 4.99 Å². The van der Waals surface area contributed by atoms with Crippen molar-refractivity contribution in [1.82, 2.24) is 4.90 Å². The topological polar surface area (TPSA) is 187 Å². The lowest BCUT2D eigenvalue weighted by Crippen LogP contribution is -2.66. The normalized spacial score (nSPS) is 40.7. The smallest absolute Gasteiger partial charge is 0.323 e. The molecule has 6 fully saturated rings. The van der Waals surface area contributed by atoms with Gasteiger partial charge in [0.2, 0.25) is 5.91 Å². The summed E-state index contributed by atoms with van der Waals surface area (Å²) in [4.78, 5) is 32.2. The zero-order valence-corrected chi connectivity index (χ0v) is 19.7. The Balaban J connectivity index is 1.27. The molecule has 5 aliphatic carbocycles.